The Morgan fingerprint density at radius 2 is 2.05 bits per heavy atom. The topological polar surface area (TPSA) is 22.8 Å². The van der Waals surface area contributed by atoms with Crippen molar-refractivity contribution in [2.75, 3.05) is 0 Å². The number of hydrogen-bond acceptors (Lipinski definition) is 1. The van der Waals surface area contributed by atoms with Crippen LogP contribution in [0.2, 0.25) is 0 Å². The number of nitrogens with zero attached hydrogens (tertiary/aromatic N) is 3. The molecule has 1 aromatic carbocycles. The lowest BCUT2D eigenvalue weighted by atomic mass is 10.1. The van der Waals surface area contributed by atoms with Crippen LogP contribution in [0.3, 0.4) is 0 Å². The Kier molecular flexibility index (Phi) is 3.42. The number of benzene rings is 1. The smallest absolute Gasteiger partial charge is 0.0739 e. The van der Waals surface area contributed by atoms with Crippen LogP contribution in [0.5, 0.6) is 0 Å². The molecule has 0 aliphatic heterocycles. The van der Waals surface area contributed by atoms with Gasteiger partial charge in [0.2, 0.25) is 0 Å². The van der Waals surface area contributed by atoms with Gasteiger partial charge in [-0.1, -0.05) is 25.1 Å². The summed E-state index contributed by atoms with van der Waals surface area (Å²) in [5, 5.41) is 5.78. The van der Waals surface area contributed by atoms with Crippen molar-refractivity contribution in [1.29, 1.82) is 0 Å². The van der Waals surface area contributed by atoms with E-state index in [1.165, 1.54) is 22.2 Å². The first-order chi connectivity index (χ1) is 9.61. The summed E-state index contributed by atoms with van der Waals surface area (Å²) in [5.41, 5.74) is 4.96. The first kappa shape index (κ1) is 13.4. The van der Waals surface area contributed by atoms with Crippen LogP contribution in [0.1, 0.15) is 23.9 Å². The van der Waals surface area contributed by atoms with Gasteiger partial charge in [-0.15, -0.1) is 0 Å². The molecular formula is C16H18BrN3. The summed E-state index contributed by atoms with van der Waals surface area (Å²) in [6, 6.07) is 8.71. The normalized spacial score (nSPS) is 11.4. The van der Waals surface area contributed by atoms with Crippen molar-refractivity contribution in [1.82, 2.24) is 14.3 Å². The quantitative estimate of drug-likeness (QED) is 0.709. The summed E-state index contributed by atoms with van der Waals surface area (Å²) < 4.78 is 5.38. The molecule has 0 atom stereocenters. The molecule has 3 rings (SSSR count). The number of rotatable bonds is 3. The maximum Gasteiger partial charge on any atom is 0.0739 e. The molecule has 0 saturated carbocycles. The number of aromatic nitrogens is 3. The van der Waals surface area contributed by atoms with E-state index in [0.717, 1.165) is 23.1 Å². The predicted molar refractivity (Wildman–Crippen MR) is 86.1 cm³/mol. The molecule has 3 aromatic rings. The van der Waals surface area contributed by atoms with Gasteiger partial charge in [-0.2, -0.15) is 5.10 Å². The van der Waals surface area contributed by atoms with Gasteiger partial charge >= 0.3 is 0 Å². The van der Waals surface area contributed by atoms with E-state index in [-0.39, 0.29) is 0 Å². The zero-order chi connectivity index (χ0) is 14.3. The van der Waals surface area contributed by atoms with Crippen LogP contribution in [0.25, 0.3) is 10.9 Å². The lowest BCUT2D eigenvalue weighted by molar-refractivity contribution is 0.671. The van der Waals surface area contributed by atoms with Gasteiger partial charge in [0.05, 0.1) is 27.9 Å². The standard InChI is InChI=1S/C16H18BrN3/c1-4-12-6-5-7-13-8-9-20(16(12)13)10-14-15(17)11(2)18-19(14)3/h5-9H,4,10H2,1-3H3. The van der Waals surface area contributed by atoms with Crippen molar-refractivity contribution in [3.05, 3.63) is 51.9 Å². The van der Waals surface area contributed by atoms with Crippen LogP contribution < -0.4 is 0 Å². The minimum absolute atomic E-state index is 0.832. The van der Waals surface area contributed by atoms with Crippen LogP contribution >= 0.6 is 15.9 Å². The molecule has 20 heavy (non-hydrogen) atoms. The van der Waals surface area contributed by atoms with E-state index in [4.69, 9.17) is 0 Å². The van der Waals surface area contributed by atoms with Crippen LogP contribution in [0.15, 0.2) is 34.9 Å². The maximum atomic E-state index is 4.47. The number of halogens is 1. The van der Waals surface area contributed by atoms with Gasteiger partial charge in [-0.25, -0.2) is 0 Å². The van der Waals surface area contributed by atoms with Gasteiger partial charge in [0.15, 0.2) is 0 Å². The number of hydrogen-bond donors (Lipinski definition) is 0. The Balaban J connectivity index is 2.11. The SMILES string of the molecule is CCc1cccc2ccn(Cc3c(Br)c(C)nn3C)c12. The summed E-state index contributed by atoms with van der Waals surface area (Å²) >= 11 is 3.65. The molecule has 0 spiro atoms. The third-order valence-corrected chi connectivity index (χ3v) is 4.87. The second kappa shape index (κ2) is 5.09. The van der Waals surface area contributed by atoms with E-state index in [2.05, 4.69) is 63.0 Å². The molecule has 0 aliphatic rings. The first-order valence-electron chi connectivity index (χ1n) is 6.86. The van der Waals surface area contributed by atoms with Gasteiger partial charge in [0.25, 0.3) is 0 Å². The summed E-state index contributed by atoms with van der Waals surface area (Å²) in [6.07, 6.45) is 3.21. The van der Waals surface area contributed by atoms with Crippen molar-refractivity contribution < 1.29 is 0 Å². The summed E-state index contributed by atoms with van der Waals surface area (Å²) in [6.45, 7) is 5.06. The average Bonchev–Trinajstić information content (AvgIpc) is 2.96. The Bertz CT molecular complexity index is 767. The van der Waals surface area contributed by atoms with Crippen LogP contribution in [0.4, 0.5) is 0 Å². The van der Waals surface area contributed by atoms with E-state index in [9.17, 15) is 0 Å². The zero-order valence-corrected chi connectivity index (χ0v) is 13.6. The number of fused-ring (bicyclic) bond motifs is 1. The fourth-order valence-corrected chi connectivity index (χ4v) is 3.23. The molecule has 0 amide bonds. The van der Waals surface area contributed by atoms with E-state index in [0.29, 0.717) is 0 Å². The van der Waals surface area contributed by atoms with E-state index in [1.807, 2.05) is 18.7 Å². The number of para-hydroxylation sites is 1. The summed E-state index contributed by atoms with van der Waals surface area (Å²) in [4.78, 5) is 0. The molecular weight excluding hydrogens is 314 g/mol. The highest BCUT2D eigenvalue weighted by molar-refractivity contribution is 9.10. The lowest BCUT2D eigenvalue weighted by Gasteiger charge is -2.10. The highest BCUT2D eigenvalue weighted by atomic mass is 79.9. The monoisotopic (exact) mass is 331 g/mol. The van der Waals surface area contributed by atoms with Gasteiger partial charge < -0.3 is 4.57 Å². The molecule has 3 nitrogen and oxygen atoms in total. The van der Waals surface area contributed by atoms with Crippen LogP contribution in [-0.4, -0.2) is 14.3 Å². The third-order valence-electron chi connectivity index (χ3n) is 3.83. The number of aryl methyl sites for hydroxylation is 3. The van der Waals surface area contributed by atoms with Gasteiger partial charge in [-0.05, 0) is 46.3 Å². The summed E-state index contributed by atoms with van der Waals surface area (Å²) in [5.74, 6) is 0. The van der Waals surface area contributed by atoms with E-state index in [1.54, 1.807) is 0 Å². The molecule has 0 saturated heterocycles. The largest absolute Gasteiger partial charge is 0.341 e. The molecule has 0 aliphatic carbocycles. The van der Waals surface area contributed by atoms with Gasteiger partial charge in [0, 0.05) is 13.2 Å². The second-order valence-corrected chi connectivity index (χ2v) is 5.91. The fraction of sp³-hybridized carbons (Fsp3) is 0.312. The maximum absolute atomic E-state index is 4.47. The summed E-state index contributed by atoms with van der Waals surface area (Å²) in [7, 11) is 2.00. The molecule has 104 valence electrons. The predicted octanol–water partition coefficient (Wildman–Crippen LogP) is 4.06. The zero-order valence-electron chi connectivity index (χ0n) is 12.0. The second-order valence-electron chi connectivity index (χ2n) is 5.12. The third kappa shape index (κ3) is 2.08. The molecule has 2 heterocycles. The minimum Gasteiger partial charge on any atom is -0.341 e. The molecule has 4 heteroatoms. The minimum atomic E-state index is 0.832. The molecule has 0 bridgehead atoms. The highest BCUT2D eigenvalue weighted by Crippen LogP contribution is 2.25. The van der Waals surface area contributed by atoms with Gasteiger partial charge in [-0.3, -0.25) is 4.68 Å². The van der Waals surface area contributed by atoms with Crippen molar-refractivity contribution >= 4 is 26.8 Å². The Hall–Kier alpha value is -1.55. The van der Waals surface area contributed by atoms with Crippen LogP contribution in [0, 0.1) is 6.92 Å². The van der Waals surface area contributed by atoms with Crippen molar-refractivity contribution in [3.8, 4) is 0 Å². The average molecular weight is 332 g/mol. The Labute approximate surface area is 127 Å². The molecule has 0 unspecified atom stereocenters. The van der Waals surface area contributed by atoms with Crippen molar-refractivity contribution in [3.63, 3.8) is 0 Å². The highest BCUT2D eigenvalue weighted by Gasteiger charge is 2.13. The Morgan fingerprint density at radius 1 is 1.25 bits per heavy atom. The van der Waals surface area contributed by atoms with Crippen molar-refractivity contribution in [2.24, 2.45) is 7.05 Å². The van der Waals surface area contributed by atoms with E-state index < -0.39 is 0 Å². The van der Waals surface area contributed by atoms with Crippen molar-refractivity contribution in [2.45, 2.75) is 26.8 Å². The van der Waals surface area contributed by atoms with E-state index >= 15 is 0 Å². The molecule has 0 N–H and O–H groups in total. The van der Waals surface area contributed by atoms with Crippen LogP contribution in [-0.2, 0) is 20.0 Å². The molecule has 2 aromatic heterocycles. The lowest BCUT2D eigenvalue weighted by Crippen LogP contribution is -2.06. The molecule has 0 fully saturated rings. The van der Waals surface area contributed by atoms with Gasteiger partial charge in [0.1, 0.15) is 0 Å². The first-order valence-corrected chi connectivity index (χ1v) is 7.65. The molecule has 0 radical (unpaired) electrons. The Morgan fingerprint density at radius 3 is 2.70 bits per heavy atom. The fourth-order valence-electron chi connectivity index (χ4n) is 2.77.